The van der Waals surface area contributed by atoms with Gasteiger partial charge in [-0.05, 0) is 48.9 Å². The monoisotopic (exact) mass is 347 g/mol. The van der Waals surface area contributed by atoms with Gasteiger partial charge in [-0.15, -0.1) is 0 Å². The predicted molar refractivity (Wildman–Crippen MR) is 91.6 cm³/mol. The molecule has 0 radical (unpaired) electrons. The zero-order valence-electron chi connectivity index (χ0n) is 12.0. The Bertz CT molecular complexity index is 979. The van der Waals surface area contributed by atoms with Crippen molar-refractivity contribution in [3.05, 3.63) is 74.1 Å². The lowest BCUT2D eigenvalue weighted by molar-refractivity contribution is 0.102. The van der Waals surface area contributed by atoms with Gasteiger partial charge < -0.3 is 9.73 Å². The third-order valence-electron chi connectivity index (χ3n) is 3.39. The van der Waals surface area contributed by atoms with Gasteiger partial charge >= 0.3 is 5.63 Å². The maximum Gasteiger partial charge on any atom is 0.349 e. The fourth-order valence-corrected chi connectivity index (χ4v) is 2.52. The van der Waals surface area contributed by atoms with Gasteiger partial charge in [0.05, 0.1) is 0 Å². The predicted octanol–water partition coefficient (Wildman–Crippen LogP) is 4.66. The molecule has 6 heteroatoms. The molecule has 1 amide bonds. The first kappa shape index (κ1) is 15.6. The normalized spacial score (nSPS) is 10.7. The van der Waals surface area contributed by atoms with Gasteiger partial charge in [-0.1, -0.05) is 29.3 Å². The Hall–Kier alpha value is -2.30. The molecule has 3 rings (SSSR count). The molecule has 0 aliphatic heterocycles. The van der Waals surface area contributed by atoms with E-state index in [4.69, 9.17) is 27.6 Å². The minimum absolute atomic E-state index is 0.0980. The second kappa shape index (κ2) is 6.07. The summed E-state index contributed by atoms with van der Waals surface area (Å²) in [4.78, 5) is 24.4. The molecular formula is C17H11Cl2NO3. The number of nitrogens with one attached hydrogen (secondary N) is 1. The quantitative estimate of drug-likeness (QED) is 0.685. The topological polar surface area (TPSA) is 59.3 Å². The summed E-state index contributed by atoms with van der Waals surface area (Å²) in [5, 5.41) is 4.22. The van der Waals surface area contributed by atoms with Crippen LogP contribution in [0, 0.1) is 6.92 Å². The van der Waals surface area contributed by atoms with Gasteiger partial charge in [0.2, 0.25) is 0 Å². The molecule has 0 aliphatic carbocycles. The van der Waals surface area contributed by atoms with Crippen LogP contribution in [0.5, 0.6) is 0 Å². The van der Waals surface area contributed by atoms with Gasteiger partial charge in [0.25, 0.3) is 5.91 Å². The van der Waals surface area contributed by atoms with Crippen LogP contribution in [0.25, 0.3) is 11.0 Å². The summed E-state index contributed by atoms with van der Waals surface area (Å²) in [6.07, 6.45) is 0. The number of anilines is 1. The van der Waals surface area contributed by atoms with E-state index < -0.39 is 11.5 Å². The van der Waals surface area contributed by atoms with Gasteiger partial charge in [-0.3, -0.25) is 4.79 Å². The Kier molecular flexibility index (Phi) is 4.11. The standard InChI is InChI=1S/C17H11Cl2NO3/c1-9-2-3-12(19)8-14(9)20-16(21)13-7-10-6-11(18)4-5-15(10)23-17(13)22/h2-8H,1H3,(H,20,21). The van der Waals surface area contributed by atoms with Crippen LogP contribution in [0.2, 0.25) is 10.0 Å². The van der Waals surface area contributed by atoms with E-state index in [-0.39, 0.29) is 5.56 Å². The van der Waals surface area contributed by atoms with Gasteiger partial charge in [0, 0.05) is 21.1 Å². The summed E-state index contributed by atoms with van der Waals surface area (Å²) < 4.78 is 5.16. The fourth-order valence-electron chi connectivity index (χ4n) is 2.17. The van der Waals surface area contributed by atoms with E-state index in [0.29, 0.717) is 26.7 Å². The van der Waals surface area contributed by atoms with E-state index in [2.05, 4.69) is 5.32 Å². The van der Waals surface area contributed by atoms with Crippen molar-refractivity contribution in [2.24, 2.45) is 0 Å². The first-order chi connectivity index (χ1) is 10.9. The highest BCUT2D eigenvalue weighted by Gasteiger charge is 2.15. The second-order valence-corrected chi connectivity index (χ2v) is 5.92. The van der Waals surface area contributed by atoms with Crippen molar-refractivity contribution in [2.75, 3.05) is 5.32 Å². The number of amides is 1. The van der Waals surface area contributed by atoms with Crippen molar-refractivity contribution in [1.82, 2.24) is 0 Å². The maximum atomic E-state index is 12.4. The van der Waals surface area contributed by atoms with Crippen molar-refractivity contribution >= 4 is 45.8 Å². The number of benzene rings is 2. The lowest BCUT2D eigenvalue weighted by Gasteiger charge is -2.08. The summed E-state index contributed by atoms with van der Waals surface area (Å²) in [6, 6.07) is 11.4. The lowest BCUT2D eigenvalue weighted by Crippen LogP contribution is -2.21. The number of aryl methyl sites for hydroxylation is 1. The third kappa shape index (κ3) is 3.23. The van der Waals surface area contributed by atoms with Crippen LogP contribution >= 0.6 is 23.2 Å². The van der Waals surface area contributed by atoms with Crippen molar-refractivity contribution in [2.45, 2.75) is 6.92 Å². The molecule has 4 nitrogen and oxygen atoms in total. The van der Waals surface area contributed by atoms with E-state index in [1.165, 1.54) is 6.07 Å². The number of hydrogen-bond donors (Lipinski definition) is 1. The molecule has 0 saturated heterocycles. The van der Waals surface area contributed by atoms with Gasteiger partial charge in [0.15, 0.2) is 0 Å². The molecule has 0 atom stereocenters. The number of fused-ring (bicyclic) bond motifs is 1. The summed E-state index contributed by atoms with van der Waals surface area (Å²) in [5.74, 6) is -0.564. The molecule has 1 aromatic heterocycles. The fraction of sp³-hybridized carbons (Fsp3) is 0.0588. The van der Waals surface area contributed by atoms with Crippen LogP contribution < -0.4 is 10.9 Å². The Labute approximate surface area is 141 Å². The third-order valence-corrected chi connectivity index (χ3v) is 3.86. The Morgan fingerprint density at radius 2 is 1.74 bits per heavy atom. The van der Waals surface area contributed by atoms with Crippen molar-refractivity contribution < 1.29 is 9.21 Å². The average Bonchev–Trinajstić information content (AvgIpc) is 2.50. The molecule has 3 aromatic rings. The minimum Gasteiger partial charge on any atom is -0.422 e. The SMILES string of the molecule is Cc1ccc(Cl)cc1NC(=O)c1cc2cc(Cl)ccc2oc1=O. The van der Waals surface area contributed by atoms with Gasteiger partial charge in [0.1, 0.15) is 11.1 Å². The highest BCUT2D eigenvalue weighted by molar-refractivity contribution is 6.31. The molecule has 0 spiro atoms. The Morgan fingerprint density at radius 3 is 2.52 bits per heavy atom. The zero-order chi connectivity index (χ0) is 16.6. The number of hydrogen-bond acceptors (Lipinski definition) is 3. The molecular weight excluding hydrogens is 337 g/mol. The molecule has 0 aliphatic rings. The number of carbonyl (C=O) groups excluding carboxylic acids is 1. The summed E-state index contributed by atoms with van der Waals surface area (Å²) >= 11 is 11.9. The van der Waals surface area contributed by atoms with Crippen LogP contribution in [-0.4, -0.2) is 5.91 Å². The summed E-state index contributed by atoms with van der Waals surface area (Å²) in [5.41, 5.74) is 0.926. The summed E-state index contributed by atoms with van der Waals surface area (Å²) in [7, 11) is 0. The zero-order valence-corrected chi connectivity index (χ0v) is 13.5. The smallest absolute Gasteiger partial charge is 0.349 e. The van der Waals surface area contributed by atoms with Gasteiger partial charge in [-0.2, -0.15) is 0 Å². The molecule has 2 aromatic carbocycles. The molecule has 23 heavy (non-hydrogen) atoms. The molecule has 116 valence electrons. The first-order valence-corrected chi connectivity index (χ1v) is 7.50. The minimum atomic E-state index is -0.711. The van der Waals surface area contributed by atoms with Crippen LogP contribution in [0.1, 0.15) is 15.9 Å². The lowest BCUT2D eigenvalue weighted by atomic mass is 10.1. The highest BCUT2D eigenvalue weighted by Crippen LogP contribution is 2.22. The highest BCUT2D eigenvalue weighted by atomic mass is 35.5. The van der Waals surface area contributed by atoms with Crippen LogP contribution in [-0.2, 0) is 0 Å². The van der Waals surface area contributed by atoms with Crippen molar-refractivity contribution in [3.63, 3.8) is 0 Å². The molecule has 0 saturated carbocycles. The molecule has 0 unspecified atom stereocenters. The largest absolute Gasteiger partial charge is 0.422 e. The van der Waals surface area contributed by atoms with Crippen molar-refractivity contribution in [1.29, 1.82) is 0 Å². The Balaban J connectivity index is 2.02. The van der Waals surface area contributed by atoms with E-state index in [1.807, 2.05) is 6.92 Å². The van der Waals surface area contributed by atoms with Gasteiger partial charge in [-0.25, -0.2) is 4.79 Å². The van der Waals surface area contributed by atoms with E-state index in [1.54, 1.807) is 36.4 Å². The molecule has 1 N–H and O–H groups in total. The average molecular weight is 348 g/mol. The molecule has 0 bridgehead atoms. The van der Waals surface area contributed by atoms with Crippen LogP contribution in [0.4, 0.5) is 5.69 Å². The summed E-state index contributed by atoms with van der Waals surface area (Å²) in [6.45, 7) is 1.83. The molecule has 1 heterocycles. The number of halogens is 2. The van der Waals surface area contributed by atoms with E-state index >= 15 is 0 Å². The maximum absolute atomic E-state index is 12.4. The number of carbonyl (C=O) groups is 1. The number of rotatable bonds is 2. The molecule has 0 fully saturated rings. The van der Waals surface area contributed by atoms with Crippen molar-refractivity contribution in [3.8, 4) is 0 Å². The van der Waals surface area contributed by atoms with Crippen LogP contribution in [0.15, 0.2) is 51.7 Å². The first-order valence-electron chi connectivity index (χ1n) is 6.75. The van der Waals surface area contributed by atoms with Crippen LogP contribution in [0.3, 0.4) is 0 Å². The second-order valence-electron chi connectivity index (χ2n) is 5.04. The Morgan fingerprint density at radius 1 is 1.04 bits per heavy atom. The van der Waals surface area contributed by atoms with E-state index in [9.17, 15) is 9.59 Å². The van der Waals surface area contributed by atoms with E-state index in [0.717, 1.165) is 5.56 Å².